The van der Waals surface area contributed by atoms with Crippen molar-refractivity contribution in [2.75, 3.05) is 12.4 Å². The Balaban J connectivity index is 2.00. The minimum atomic E-state index is 0.735. The lowest BCUT2D eigenvalue weighted by Gasteiger charge is -2.22. The molecule has 0 heterocycles. The molecule has 0 atom stereocenters. The van der Waals surface area contributed by atoms with Gasteiger partial charge in [0.25, 0.3) is 0 Å². The van der Waals surface area contributed by atoms with Crippen molar-refractivity contribution in [1.29, 1.82) is 0 Å². The van der Waals surface area contributed by atoms with Crippen LogP contribution in [0.2, 0.25) is 0 Å². The standard InChI is InChI=1S/C18H22N2S/c1-13-6-9-17(10-7-13)19-18(21)20(4)12-16-8-5-14(2)11-15(16)3/h5-11H,12H2,1-4H3,(H,19,21). The Morgan fingerprint density at radius 1 is 1.00 bits per heavy atom. The molecule has 0 aliphatic carbocycles. The summed E-state index contributed by atoms with van der Waals surface area (Å²) in [4.78, 5) is 2.06. The third kappa shape index (κ3) is 4.30. The molecule has 110 valence electrons. The molecule has 0 spiro atoms. The number of thiocarbonyl (C=S) groups is 1. The molecule has 0 fully saturated rings. The molecule has 0 aromatic heterocycles. The predicted octanol–water partition coefficient (Wildman–Crippen LogP) is 4.44. The van der Waals surface area contributed by atoms with Crippen LogP contribution in [0, 0.1) is 20.8 Å². The molecule has 1 N–H and O–H groups in total. The molecule has 0 unspecified atom stereocenters. The summed E-state index contributed by atoms with van der Waals surface area (Å²) in [5.74, 6) is 0. The Bertz CT molecular complexity index is 632. The first-order chi connectivity index (χ1) is 9.95. The van der Waals surface area contributed by atoms with Crippen LogP contribution in [0.4, 0.5) is 5.69 Å². The van der Waals surface area contributed by atoms with Gasteiger partial charge in [-0.25, -0.2) is 0 Å². The second-order valence-corrected chi connectivity index (χ2v) is 5.97. The molecule has 0 bridgehead atoms. The lowest BCUT2D eigenvalue weighted by atomic mass is 10.1. The van der Waals surface area contributed by atoms with Gasteiger partial charge >= 0.3 is 0 Å². The molecule has 21 heavy (non-hydrogen) atoms. The van der Waals surface area contributed by atoms with Crippen molar-refractivity contribution in [1.82, 2.24) is 4.90 Å². The summed E-state index contributed by atoms with van der Waals surface area (Å²) in [6, 6.07) is 14.8. The van der Waals surface area contributed by atoms with Gasteiger partial charge in [-0.05, 0) is 56.2 Å². The van der Waals surface area contributed by atoms with E-state index in [0.29, 0.717) is 0 Å². The number of aryl methyl sites for hydroxylation is 3. The first kappa shape index (κ1) is 15.5. The van der Waals surface area contributed by atoms with Crippen molar-refractivity contribution in [2.24, 2.45) is 0 Å². The van der Waals surface area contributed by atoms with Crippen LogP contribution < -0.4 is 5.32 Å². The lowest BCUT2D eigenvalue weighted by molar-refractivity contribution is 0.507. The van der Waals surface area contributed by atoms with Gasteiger partial charge < -0.3 is 10.2 Å². The highest BCUT2D eigenvalue weighted by atomic mass is 32.1. The maximum absolute atomic E-state index is 5.47. The number of nitrogens with one attached hydrogen (secondary N) is 1. The predicted molar refractivity (Wildman–Crippen MR) is 94.8 cm³/mol. The Morgan fingerprint density at radius 3 is 2.24 bits per heavy atom. The van der Waals surface area contributed by atoms with Crippen LogP contribution in [0.5, 0.6) is 0 Å². The van der Waals surface area contributed by atoms with E-state index in [0.717, 1.165) is 17.3 Å². The van der Waals surface area contributed by atoms with Crippen molar-refractivity contribution >= 4 is 23.0 Å². The summed E-state index contributed by atoms with van der Waals surface area (Å²) < 4.78 is 0. The molecule has 0 aliphatic rings. The first-order valence-electron chi connectivity index (χ1n) is 7.10. The molecule has 0 saturated carbocycles. The van der Waals surface area contributed by atoms with Gasteiger partial charge in [-0.2, -0.15) is 0 Å². The smallest absolute Gasteiger partial charge is 0.173 e. The topological polar surface area (TPSA) is 15.3 Å². The molecular formula is C18H22N2S. The largest absolute Gasteiger partial charge is 0.348 e. The average Bonchev–Trinajstić information content (AvgIpc) is 2.44. The van der Waals surface area contributed by atoms with Crippen molar-refractivity contribution in [3.8, 4) is 0 Å². The van der Waals surface area contributed by atoms with E-state index in [9.17, 15) is 0 Å². The number of rotatable bonds is 3. The van der Waals surface area contributed by atoms with E-state index in [-0.39, 0.29) is 0 Å². The van der Waals surface area contributed by atoms with Gasteiger partial charge in [-0.15, -0.1) is 0 Å². The van der Waals surface area contributed by atoms with E-state index in [1.807, 2.05) is 19.2 Å². The van der Waals surface area contributed by atoms with Gasteiger partial charge in [0.2, 0.25) is 0 Å². The number of hydrogen-bond acceptors (Lipinski definition) is 1. The van der Waals surface area contributed by atoms with Gasteiger partial charge in [0.1, 0.15) is 0 Å². The summed E-state index contributed by atoms with van der Waals surface area (Å²) in [6.07, 6.45) is 0. The maximum atomic E-state index is 5.47. The molecule has 0 amide bonds. The molecule has 0 aliphatic heterocycles. The summed E-state index contributed by atoms with van der Waals surface area (Å²) in [5.41, 5.74) is 6.17. The van der Waals surface area contributed by atoms with Crippen LogP contribution in [-0.4, -0.2) is 17.1 Å². The van der Waals surface area contributed by atoms with Crippen LogP contribution in [0.1, 0.15) is 22.3 Å². The summed E-state index contributed by atoms with van der Waals surface area (Å²) in [6.45, 7) is 7.15. The fourth-order valence-corrected chi connectivity index (χ4v) is 2.39. The number of nitrogens with zero attached hydrogens (tertiary/aromatic N) is 1. The number of anilines is 1. The molecule has 2 aromatic rings. The SMILES string of the molecule is Cc1ccc(NC(=S)N(C)Cc2ccc(C)cc2C)cc1. The molecule has 2 nitrogen and oxygen atoms in total. The Morgan fingerprint density at radius 2 is 1.62 bits per heavy atom. The third-order valence-corrected chi connectivity index (χ3v) is 3.97. The summed E-state index contributed by atoms with van der Waals surface area (Å²) in [7, 11) is 2.02. The van der Waals surface area contributed by atoms with Gasteiger partial charge in [0.15, 0.2) is 5.11 Å². The zero-order valence-electron chi connectivity index (χ0n) is 13.1. The molecule has 0 radical (unpaired) electrons. The monoisotopic (exact) mass is 298 g/mol. The summed E-state index contributed by atoms with van der Waals surface area (Å²) >= 11 is 5.47. The van der Waals surface area contributed by atoms with Crippen LogP contribution in [-0.2, 0) is 6.54 Å². The third-order valence-electron chi connectivity index (χ3n) is 3.56. The maximum Gasteiger partial charge on any atom is 0.173 e. The fourth-order valence-electron chi connectivity index (χ4n) is 2.21. The zero-order chi connectivity index (χ0) is 15.4. The van der Waals surface area contributed by atoms with E-state index < -0.39 is 0 Å². The van der Waals surface area contributed by atoms with Gasteiger partial charge in [-0.1, -0.05) is 41.5 Å². The van der Waals surface area contributed by atoms with Gasteiger partial charge in [0, 0.05) is 19.3 Å². The molecular weight excluding hydrogens is 276 g/mol. The van der Waals surface area contributed by atoms with Crippen LogP contribution in [0.25, 0.3) is 0 Å². The second-order valence-electron chi connectivity index (χ2n) is 5.58. The van der Waals surface area contributed by atoms with E-state index in [4.69, 9.17) is 12.2 Å². The van der Waals surface area contributed by atoms with Crippen LogP contribution in [0.3, 0.4) is 0 Å². The highest BCUT2D eigenvalue weighted by Crippen LogP contribution is 2.14. The second kappa shape index (κ2) is 6.72. The minimum Gasteiger partial charge on any atom is -0.348 e. The zero-order valence-corrected chi connectivity index (χ0v) is 13.9. The van der Waals surface area contributed by atoms with Gasteiger partial charge in [0.05, 0.1) is 0 Å². The van der Waals surface area contributed by atoms with Crippen molar-refractivity contribution < 1.29 is 0 Å². The van der Waals surface area contributed by atoms with Crippen molar-refractivity contribution in [3.63, 3.8) is 0 Å². The quantitative estimate of drug-likeness (QED) is 0.843. The van der Waals surface area contributed by atoms with E-state index in [1.165, 1.54) is 22.3 Å². The van der Waals surface area contributed by atoms with Crippen molar-refractivity contribution in [3.05, 3.63) is 64.7 Å². The highest BCUT2D eigenvalue weighted by molar-refractivity contribution is 7.80. The number of benzene rings is 2. The van der Waals surface area contributed by atoms with Gasteiger partial charge in [-0.3, -0.25) is 0 Å². The van der Waals surface area contributed by atoms with E-state index >= 15 is 0 Å². The normalized spacial score (nSPS) is 10.3. The summed E-state index contributed by atoms with van der Waals surface area (Å²) in [5, 5.41) is 4.01. The highest BCUT2D eigenvalue weighted by Gasteiger charge is 2.07. The fraction of sp³-hybridized carbons (Fsp3) is 0.278. The van der Waals surface area contributed by atoms with Crippen LogP contribution >= 0.6 is 12.2 Å². The Labute approximate surface area is 132 Å². The minimum absolute atomic E-state index is 0.735. The molecule has 0 saturated heterocycles. The van der Waals surface area contributed by atoms with E-state index in [2.05, 4.69) is 61.3 Å². The first-order valence-corrected chi connectivity index (χ1v) is 7.51. The Kier molecular flexibility index (Phi) is 4.97. The molecule has 2 aromatic carbocycles. The van der Waals surface area contributed by atoms with Crippen molar-refractivity contribution in [2.45, 2.75) is 27.3 Å². The lowest BCUT2D eigenvalue weighted by Crippen LogP contribution is -2.30. The van der Waals surface area contributed by atoms with Crippen LogP contribution in [0.15, 0.2) is 42.5 Å². The number of hydrogen-bond donors (Lipinski definition) is 1. The molecule has 3 heteroatoms. The molecule has 2 rings (SSSR count). The average molecular weight is 298 g/mol. The van der Waals surface area contributed by atoms with E-state index in [1.54, 1.807) is 0 Å². The Hall–Kier alpha value is -1.87.